The van der Waals surface area contributed by atoms with E-state index in [9.17, 15) is 4.79 Å². The van der Waals surface area contributed by atoms with Crippen molar-refractivity contribution in [3.63, 3.8) is 0 Å². The third kappa shape index (κ3) is 6.49. The number of methoxy groups -OCH3 is 1. The molecule has 0 unspecified atom stereocenters. The van der Waals surface area contributed by atoms with Crippen LogP contribution >= 0.6 is 12.6 Å². The van der Waals surface area contributed by atoms with E-state index in [1.807, 2.05) is 6.92 Å². The van der Waals surface area contributed by atoms with Crippen LogP contribution in [0.1, 0.15) is 19.8 Å². The van der Waals surface area contributed by atoms with Gasteiger partial charge >= 0.3 is 5.97 Å². The van der Waals surface area contributed by atoms with Gasteiger partial charge in [-0.15, -0.1) is 0 Å². The summed E-state index contributed by atoms with van der Waals surface area (Å²) in [6.45, 7) is 2.37. The zero-order chi connectivity index (χ0) is 9.40. The van der Waals surface area contributed by atoms with Crippen LogP contribution in [-0.2, 0) is 14.3 Å². The lowest BCUT2D eigenvalue weighted by molar-refractivity contribution is -0.143. The van der Waals surface area contributed by atoms with Crippen molar-refractivity contribution in [3.8, 4) is 0 Å². The van der Waals surface area contributed by atoms with Crippen molar-refractivity contribution in [2.75, 3.05) is 19.5 Å². The van der Waals surface area contributed by atoms with Crippen LogP contribution < -0.4 is 0 Å². The lowest BCUT2D eigenvalue weighted by atomic mass is 10.3. The molecule has 0 N–H and O–H groups in total. The molecule has 0 bridgehead atoms. The first kappa shape index (κ1) is 11.8. The van der Waals surface area contributed by atoms with Crippen molar-refractivity contribution in [1.29, 1.82) is 0 Å². The number of carbonyl (C=O) groups is 1. The Bertz CT molecular complexity index is 127. The van der Waals surface area contributed by atoms with Gasteiger partial charge in [0, 0.05) is 19.3 Å². The largest absolute Gasteiger partial charge is 0.466 e. The van der Waals surface area contributed by atoms with Crippen molar-refractivity contribution in [3.05, 3.63) is 0 Å². The van der Waals surface area contributed by atoms with E-state index in [1.165, 1.54) is 0 Å². The summed E-state index contributed by atoms with van der Waals surface area (Å²) in [5.74, 6) is 0.354. The molecule has 0 aromatic carbocycles. The second-order valence-corrected chi connectivity index (χ2v) is 2.98. The lowest BCUT2D eigenvalue weighted by Crippen LogP contribution is -2.12. The second-order valence-electron chi connectivity index (χ2n) is 2.53. The first-order valence-corrected chi connectivity index (χ1v) is 4.63. The van der Waals surface area contributed by atoms with E-state index < -0.39 is 0 Å². The van der Waals surface area contributed by atoms with Crippen LogP contribution in [0, 0.1) is 0 Å². The maximum Gasteiger partial charge on any atom is 0.306 e. The highest BCUT2D eigenvalue weighted by atomic mass is 32.1. The summed E-state index contributed by atoms with van der Waals surface area (Å²) in [6, 6.07) is 0. The number of ether oxygens (including phenoxy) is 2. The summed E-state index contributed by atoms with van der Waals surface area (Å²) >= 11 is 3.92. The molecule has 12 heavy (non-hydrogen) atoms. The highest BCUT2D eigenvalue weighted by molar-refractivity contribution is 7.80. The predicted octanol–water partition coefficient (Wildman–Crippen LogP) is 1.27. The van der Waals surface area contributed by atoms with Gasteiger partial charge in [-0.25, -0.2) is 0 Å². The summed E-state index contributed by atoms with van der Waals surface area (Å²) in [5, 5.41) is 0. The van der Waals surface area contributed by atoms with Crippen molar-refractivity contribution in [1.82, 2.24) is 0 Å². The van der Waals surface area contributed by atoms with Crippen LogP contribution in [0.3, 0.4) is 0 Å². The average Bonchev–Trinajstić information content (AvgIpc) is 2.04. The van der Waals surface area contributed by atoms with Gasteiger partial charge in [0.15, 0.2) is 0 Å². The molecular formula is C8H16O3S. The van der Waals surface area contributed by atoms with E-state index in [0.29, 0.717) is 18.8 Å². The van der Waals surface area contributed by atoms with E-state index in [4.69, 9.17) is 9.47 Å². The van der Waals surface area contributed by atoms with Crippen molar-refractivity contribution < 1.29 is 14.3 Å². The van der Waals surface area contributed by atoms with Crippen LogP contribution in [0.2, 0.25) is 0 Å². The Kier molecular flexibility index (Phi) is 7.29. The first-order chi connectivity index (χ1) is 5.70. The Labute approximate surface area is 78.8 Å². The van der Waals surface area contributed by atoms with E-state index >= 15 is 0 Å². The molecule has 72 valence electrons. The van der Waals surface area contributed by atoms with Gasteiger partial charge in [-0.2, -0.15) is 12.6 Å². The first-order valence-electron chi connectivity index (χ1n) is 4.00. The molecule has 0 radical (unpaired) electrons. The van der Waals surface area contributed by atoms with Crippen molar-refractivity contribution in [2.24, 2.45) is 0 Å². The number of esters is 1. The minimum absolute atomic E-state index is 0.147. The van der Waals surface area contributed by atoms with E-state index in [2.05, 4.69) is 12.6 Å². The molecule has 0 amide bonds. The monoisotopic (exact) mass is 192 g/mol. The van der Waals surface area contributed by atoms with E-state index in [1.54, 1.807) is 7.11 Å². The zero-order valence-corrected chi connectivity index (χ0v) is 8.47. The number of hydrogen-bond donors (Lipinski definition) is 1. The number of rotatable bonds is 6. The maximum atomic E-state index is 10.8. The molecule has 0 saturated heterocycles. The van der Waals surface area contributed by atoms with Crippen molar-refractivity contribution >= 4 is 18.6 Å². The van der Waals surface area contributed by atoms with Crippen LogP contribution in [-0.4, -0.2) is 31.5 Å². The fourth-order valence-corrected chi connectivity index (χ4v) is 0.803. The number of hydrogen-bond acceptors (Lipinski definition) is 4. The van der Waals surface area contributed by atoms with Gasteiger partial charge in [-0.1, -0.05) is 0 Å². The molecule has 0 rings (SSSR count). The topological polar surface area (TPSA) is 35.5 Å². The van der Waals surface area contributed by atoms with Crippen LogP contribution in [0.5, 0.6) is 0 Å². The quantitative estimate of drug-likeness (QED) is 0.508. The standard InChI is InChI=1S/C8H16O3S/c1-7(10-2)3-5-11-8(9)4-6-12/h7,12H,3-6H2,1-2H3/t7-/m1/s1. The molecule has 0 heterocycles. The molecule has 0 aromatic rings. The second kappa shape index (κ2) is 7.43. The van der Waals surface area contributed by atoms with Gasteiger partial charge in [0.1, 0.15) is 0 Å². The van der Waals surface area contributed by atoms with Crippen LogP contribution in [0.25, 0.3) is 0 Å². The smallest absolute Gasteiger partial charge is 0.306 e. The molecule has 0 aliphatic rings. The van der Waals surface area contributed by atoms with Gasteiger partial charge < -0.3 is 9.47 Å². The summed E-state index contributed by atoms with van der Waals surface area (Å²) in [7, 11) is 1.64. The fraction of sp³-hybridized carbons (Fsp3) is 0.875. The molecule has 0 saturated carbocycles. The number of thiol groups is 1. The Morgan fingerprint density at radius 2 is 2.25 bits per heavy atom. The molecular weight excluding hydrogens is 176 g/mol. The minimum Gasteiger partial charge on any atom is -0.466 e. The Hall–Kier alpha value is -0.220. The Balaban J connectivity index is 3.24. The Morgan fingerprint density at radius 1 is 1.58 bits per heavy atom. The summed E-state index contributed by atoms with van der Waals surface area (Å²) in [5.41, 5.74) is 0. The molecule has 1 atom stereocenters. The molecule has 0 spiro atoms. The van der Waals surface area contributed by atoms with Gasteiger partial charge in [0.25, 0.3) is 0 Å². The summed E-state index contributed by atoms with van der Waals surface area (Å²) < 4.78 is 9.87. The summed E-state index contributed by atoms with van der Waals surface area (Å²) in [6.07, 6.45) is 1.27. The van der Waals surface area contributed by atoms with Gasteiger partial charge in [-0.05, 0) is 6.92 Å². The van der Waals surface area contributed by atoms with Gasteiger partial charge in [0.2, 0.25) is 0 Å². The van der Waals surface area contributed by atoms with Crippen molar-refractivity contribution in [2.45, 2.75) is 25.9 Å². The molecule has 0 aromatic heterocycles. The third-order valence-electron chi connectivity index (χ3n) is 1.51. The molecule has 3 nitrogen and oxygen atoms in total. The van der Waals surface area contributed by atoms with Gasteiger partial charge in [0.05, 0.1) is 19.1 Å². The highest BCUT2D eigenvalue weighted by Crippen LogP contribution is 1.97. The van der Waals surface area contributed by atoms with Gasteiger partial charge in [-0.3, -0.25) is 4.79 Å². The molecule has 0 aliphatic heterocycles. The maximum absolute atomic E-state index is 10.8. The van der Waals surface area contributed by atoms with Crippen LogP contribution in [0.4, 0.5) is 0 Å². The molecule has 0 aliphatic carbocycles. The molecule has 0 fully saturated rings. The zero-order valence-electron chi connectivity index (χ0n) is 7.58. The average molecular weight is 192 g/mol. The highest BCUT2D eigenvalue weighted by Gasteiger charge is 2.03. The Morgan fingerprint density at radius 3 is 2.75 bits per heavy atom. The fourth-order valence-electron chi connectivity index (χ4n) is 0.620. The number of carbonyl (C=O) groups excluding carboxylic acids is 1. The normalized spacial score (nSPS) is 12.6. The summed E-state index contributed by atoms with van der Waals surface area (Å²) in [4.78, 5) is 10.8. The molecule has 4 heteroatoms. The SMILES string of the molecule is CO[C@H](C)CCOC(=O)CCS. The van der Waals surface area contributed by atoms with Crippen LogP contribution in [0.15, 0.2) is 0 Å². The van der Waals surface area contributed by atoms with E-state index in [-0.39, 0.29) is 12.1 Å². The minimum atomic E-state index is -0.187. The predicted molar refractivity (Wildman–Crippen MR) is 50.5 cm³/mol. The lowest BCUT2D eigenvalue weighted by Gasteiger charge is -2.08. The van der Waals surface area contributed by atoms with E-state index in [0.717, 1.165) is 6.42 Å². The third-order valence-corrected chi connectivity index (χ3v) is 1.73.